The zero-order chi connectivity index (χ0) is 18.3. The second kappa shape index (κ2) is 7.24. The maximum absolute atomic E-state index is 12.7. The fraction of sp³-hybridized carbons (Fsp3) is 0.450. The van der Waals surface area contributed by atoms with E-state index in [4.69, 9.17) is 0 Å². The zero-order valence-electron chi connectivity index (χ0n) is 14.6. The van der Waals surface area contributed by atoms with Gasteiger partial charge in [-0.25, -0.2) is 4.98 Å². The summed E-state index contributed by atoms with van der Waals surface area (Å²) in [6.07, 6.45) is 4.42. The summed E-state index contributed by atoms with van der Waals surface area (Å²) in [5.74, 6) is 0.529. The molecule has 2 bridgehead atoms. The van der Waals surface area contributed by atoms with Crippen LogP contribution < -0.4 is 5.32 Å². The highest BCUT2D eigenvalue weighted by atomic mass is 79.9. The van der Waals surface area contributed by atoms with Crippen molar-refractivity contribution in [1.29, 1.82) is 0 Å². The smallest absolute Gasteiger partial charge is 0.229 e. The minimum Gasteiger partial charge on any atom is -0.302 e. The number of halogens is 1. The Kier molecular flexibility index (Phi) is 4.97. The van der Waals surface area contributed by atoms with E-state index in [0.29, 0.717) is 23.8 Å². The molecule has 2 aliphatic carbocycles. The summed E-state index contributed by atoms with van der Waals surface area (Å²) in [6.45, 7) is 2.02. The van der Waals surface area contributed by atoms with E-state index in [2.05, 4.69) is 26.2 Å². The summed E-state index contributed by atoms with van der Waals surface area (Å²) in [5.41, 5.74) is 1.95. The predicted octanol–water partition coefficient (Wildman–Crippen LogP) is 5.21. The van der Waals surface area contributed by atoms with Gasteiger partial charge in [-0.1, -0.05) is 34.5 Å². The van der Waals surface area contributed by atoms with Crippen LogP contribution in [0.5, 0.6) is 0 Å². The standard InChI is InChI=1S/C20H21BrN2O2S/c1-11-17(12-5-7-16(21)8-6-12)22-20(26-11)23-19(25)15-9-13-3-2-4-14(10-15)18(13)24/h5-8,13-15H,2-4,9-10H2,1H3,(H,22,23,25). The number of amides is 1. The van der Waals surface area contributed by atoms with Crippen LogP contribution in [0.15, 0.2) is 28.7 Å². The van der Waals surface area contributed by atoms with Crippen LogP contribution in [0.3, 0.4) is 0 Å². The first-order valence-electron chi connectivity index (χ1n) is 9.09. The molecule has 0 radical (unpaired) electrons. The number of nitrogens with one attached hydrogen (secondary N) is 1. The number of hydrogen-bond acceptors (Lipinski definition) is 4. The number of thiazole rings is 1. The molecule has 1 aromatic heterocycles. The molecule has 2 aliphatic rings. The van der Waals surface area contributed by atoms with Crippen molar-refractivity contribution in [1.82, 2.24) is 4.98 Å². The van der Waals surface area contributed by atoms with E-state index in [1.807, 2.05) is 31.2 Å². The third-order valence-electron chi connectivity index (χ3n) is 5.56. The summed E-state index contributed by atoms with van der Waals surface area (Å²) in [4.78, 5) is 30.7. The normalized spacial score (nSPS) is 25.2. The minimum atomic E-state index is -0.0664. The maximum atomic E-state index is 12.7. The molecular weight excluding hydrogens is 412 g/mol. The van der Waals surface area contributed by atoms with Crippen LogP contribution in [0, 0.1) is 24.7 Å². The van der Waals surface area contributed by atoms with Crippen LogP contribution in [0.4, 0.5) is 5.13 Å². The molecule has 136 valence electrons. The van der Waals surface area contributed by atoms with Crippen molar-refractivity contribution >= 4 is 44.1 Å². The highest BCUT2D eigenvalue weighted by molar-refractivity contribution is 9.10. The molecule has 2 aromatic rings. The summed E-state index contributed by atoms with van der Waals surface area (Å²) in [7, 11) is 0. The number of aryl methyl sites for hydroxylation is 1. The minimum absolute atomic E-state index is 0.0190. The first kappa shape index (κ1) is 17.9. The van der Waals surface area contributed by atoms with Gasteiger partial charge in [0.15, 0.2) is 5.13 Å². The van der Waals surface area contributed by atoms with Gasteiger partial charge in [0.25, 0.3) is 0 Å². The predicted molar refractivity (Wildman–Crippen MR) is 107 cm³/mol. The summed E-state index contributed by atoms with van der Waals surface area (Å²) in [6, 6.07) is 8.02. The maximum Gasteiger partial charge on any atom is 0.229 e. The Morgan fingerprint density at radius 3 is 2.50 bits per heavy atom. The van der Waals surface area contributed by atoms with Gasteiger partial charge in [-0.05, 0) is 44.7 Å². The van der Waals surface area contributed by atoms with Gasteiger partial charge >= 0.3 is 0 Å². The lowest BCUT2D eigenvalue weighted by Crippen LogP contribution is -2.40. The molecule has 2 atom stereocenters. The highest BCUT2D eigenvalue weighted by Crippen LogP contribution is 2.40. The van der Waals surface area contributed by atoms with E-state index in [0.717, 1.165) is 39.9 Å². The average molecular weight is 433 g/mol. The number of carbonyl (C=O) groups is 2. The van der Waals surface area contributed by atoms with Crippen LogP contribution in [0.2, 0.25) is 0 Å². The van der Waals surface area contributed by atoms with Crippen molar-refractivity contribution in [2.75, 3.05) is 5.32 Å². The van der Waals surface area contributed by atoms with Crippen LogP contribution in [0.1, 0.15) is 37.0 Å². The van der Waals surface area contributed by atoms with Crippen LogP contribution >= 0.6 is 27.3 Å². The molecule has 1 heterocycles. The Balaban J connectivity index is 1.47. The lowest BCUT2D eigenvalue weighted by molar-refractivity contribution is -0.136. The van der Waals surface area contributed by atoms with Gasteiger partial charge in [0.05, 0.1) is 5.69 Å². The van der Waals surface area contributed by atoms with Crippen LogP contribution in [0.25, 0.3) is 11.3 Å². The monoisotopic (exact) mass is 432 g/mol. The van der Waals surface area contributed by atoms with E-state index in [-0.39, 0.29) is 23.7 Å². The number of hydrogen-bond donors (Lipinski definition) is 1. The number of ketones is 1. The number of fused-ring (bicyclic) bond motifs is 2. The Bertz CT molecular complexity index is 830. The van der Waals surface area contributed by atoms with E-state index in [1.54, 1.807) is 0 Å². The van der Waals surface area contributed by atoms with Gasteiger partial charge in [0.2, 0.25) is 5.91 Å². The molecule has 4 nitrogen and oxygen atoms in total. The van der Waals surface area contributed by atoms with Crippen molar-refractivity contribution < 1.29 is 9.59 Å². The number of Topliss-reactive ketones (excluding diaryl/α,β-unsaturated/α-hetero) is 1. The molecule has 0 saturated heterocycles. The lowest BCUT2D eigenvalue weighted by Gasteiger charge is -2.36. The van der Waals surface area contributed by atoms with Gasteiger partial charge in [0.1, 0.15) is 5.78 Å². The fourth-order valence-corrected chi connectivity index (χ4v) is 5.33. The molecule has 4 rings (SSSR count). The fourth-order valence-electron chi connectivity index (χ4n) is 4.23. The Morgan fingerprint density at radius 2 is 1.85 bits per heavy atom. The third-order valence-corrected chi connectivity index (χ3v) is 6.98. The molecule has 1 amide bonds. The molecule has 1 aromatic carbocycles. The highest BCUT2D eigenvalue weighted by Gasteiger charge is 2.41. The molecule has 2 unspecified atom stereocenters. The van der Waals surface area contributed by atoms with Crippen LogP contribution in [-0.2, 0) is 9.59 Å². The molecular formula is C20H21BrN2O2S. The van der Waals surface area contributed by atoms with E-state index in [1.165, 1.54) is 11.3 Å². The second-order valence-corrected chi connectivity index (χ2v) is 9.43. The van der Waals surface area contributed by atoms with Crippen molar-refractivity contribution in [3.8, 4) is 11.3 Å². The zero-order valence-corrected chi connectivity index (χ0v) is 17.0. The molecule has 0 aliphatic heterocycles. The van der Waals surface area contributed by atoms with Gasteiger partial charge in [-0.2, -0.15) is 0 Å². The number of rotatable bonds is 3. The van der Waals surface area contributed by atoms with Crippen molar-refractivity contribution in [2.24, 2.45) is 17.8 Å². The number of aromatic nitrogens is 1. The molecule has 0 spiro atoms. The first-order valence-corrected chi connectivity index (χ1v) is 10.7. The largest absolute Gasteiger partial charge is 0.302 e. The van der Waals surface area contributed by atoms with E-state index in [9.17, 15) is 9.59 Å². The third kappa shape index (κ3) is 3.49. The lowest BCUT2D eigenvalue weighted by atomic mass is 9.67. The van der Waals surface area contributed by atoms with Gasteiger partial charge < -0.3 is 5.32 Å². The number of nitrogens with zero attached hydrogens (tertiary/aromatic N) is 1. The topological polar surface area (TPSA) is 59.1 Å². The van der Waals surface area contributed by atoms with Gasteiger partial charge in [0, 0.05) is 32.7 Å². The molecule has 26 heavy (non-hydrogen) atoms. The number of anilines is 1. The number of benzene rings is 1. The van der Waals surface area contributed by atoms with Crippen molar-refractivity contribution in [3.63, 3.8) is 0 Å². The van der Waals surface area contributed by atoms with E-state index >= 15 is 0 Å². The SMILES string of the molecule is Cc1sc(NC(=O)C2CC3CCCC(C2)C3=O)nc1-c1ccc(Br)cc1. The summed E-state index contributed by atoms with van der Waals surface area (Å²) in [5, 5.41) is 3.65. The summed E-state index contributed by atoms with van der Waals surface area (Å²) >= 11 is 4.95. The average Bonchev–Trinajstić information content (AvgIpc) is 2.95. The molecule has 6 heteroatoms. The van der Waals surface area contributed by atoms with Crippen molar-refractivity contribution in [3.05, 3.63) is 33.6 Å². The van der Waals surface area contributed by atoms with Crippen LogP contribution in [-0.4, -0.2) is 16.7 Å². The first-order chi connectivity index (χ1) is 12.5. The molecule has 2 saturated carbocycles. The number of carbonyl (C=O) groups excluding carboxylic acids is 2. The quantitative estimate of drug-likeness (QED) is 0.723. The Morgan fingerprint density at radius 1 is 1.19 bits per heavy atom. The molecule has 2 fully saturated rings. The molecule has 1 N–H and O–H groups in total. The second-order valence-electron chi connectivity index (χ2n) is 7.32. The Labute approximate surface area is 165 Å². The van der Waals surface area contributed by atoms with Gasteiger partial charge in [-0.15, -0.1) is 11.3 Å². The summed E-state index contributed by atoms with van der Waals surface area (Å²) < 4.78 is 1.03. The Hall–Kier alpha value is -1.53. The van der Waals surface area contributed by atoms with Gasteiger partial charge in [-0.3, -0.25) is 9.59 Å². The van der Waals surface area contributed by atoms with Crippen molar-refractivity contribution in [2.45, 2.75) is 39.0 Å². The van der Waals surface area contributed by atoms with E-state index < -0.39 is 0 Å².